The molecule has 4 aromatic carbocycles. The summed E-state index contributed by atoms with van der Waals surface area (Å²) >= 11 is 0. The predicted octanol–water partition coefficient (Wildman–Crippen LogP) is 9.19. The van der Waals surface area contributed by atoms with Gasteiger partial charge in [-0.05, 0) is 75.4 Å². The van der Waals surface area contributed by atoms with Crippen molar-refractivity contribution in [3.63, 3.8) is 0 Å². The van der Waals surface area contributed by atoms with Crippen LogP contribution in [0.2, 0.25) is 39.3 Å². The first kappa shape index (κ1) is 28.2. The molecule has 198 valence electrons. The molecule has 0 aliphatic heterocycles. The van der Waals surface area contributed by atoms with E-state index in [9.17, 15) is 0 Å². The smallest absolute Gasteiger partial charge is 0.185 e. The molecule has 0 bridgehead atoms. The average molecular weight is 539 g/mol. The molecule has 0 N–H and O–H groups in total. The molecule has 4 rings (SSSR count). The molecule has 38 heavy (non-hydrogen) atoms. The van der Waals surface area contributed by atoms with Gasteiger partial charge < -0.3 is 8.85 Å². The van der Waals surface area contributed by atoms with Gasteiger partial charge in [-0.15, -0.1) is 0 Å². The summed E-state index contributed by atoms with van der Waals surface area (Å²) in [7, 11) is -4.40. The third-order valence-corrected chi connectivity index (χ3v) is 8.53. The fraction of sp³-hybridized carbons (Fsp3) is 0.294. The van der Waals surface area contributed by atoms with Crippen LogP contribution >= 0.6 is 0 Å². The van der Waals surface area contributed by atoms with E-state index >= 15 is 0 Å². The first-order valence-corrected chi connectivity index (χ1v) is 20.3. The summed E-state index contributed by atoms with van der Waals surface area (Å²) in [5, 5.41) is 0. The number of benzene rings is 4. The molecule has 0 aliphatic rings. The highest BCUT2D eigenvalue weighted by Gasteiger charge is 2.60. The minimum Gasteiger partial charge on any atom is -0.401 e. The molecule has 2 unspecified atom stereocenters. The van der Waals surface area contributed by atoms with Gasteiger partial charge in [0.25, 0.3) is 0 Å². The molecule has 2 atom stereocenters. The van der Waals surface area contributed by atoms with Crippen LogP contribution in [0.1, 0.15) is 33.4 Å². The molecule has 0 fully saturated rings. The lowest BCUT2D eigenvalue weighted by Crippen LogP contribution is -2.60. The summed E-state index contributed by atoms with van der Waals surface area (Å²) in [6.07, 6.45) is 0. The average Bonchev–Trinajstić information content (AvgIpc) is 2.87. The number of hydrogen-bond donors (Lipinski definition) is 0. The zero-order valence-corrected chi connectivity index (χ0v) is 26.2. The lowest BCUT2D eigenvalue weighted by atomic mass is 9.66. The van der Waals surface area contributed by atoms with Crippen molar-refractivity contribution in [1.82, 2.24) is 0 Å². The van der Waals surface area contributed by atoms with Crippen LogP contribution in [0.4, 0.5) is 0 Å². The van der Waals surface area contributed by atoms with Crippen LogP contribution < -0.4 is 0 Å². The van der Waals surface area contributed by atoms with Crippen LogP contribution in [-0.4, -0.2) is 16.6 Å². The Labute approximate surface area is 231 Å². The largest absolute Gasteiger partial charge is 0.401 e. The topological polar surface area (TPSA) is 18.5 Å². The lowest BCUT2D eigenvalue weighted by Gasteiger charge is -2.55. The Hall–Kier alpha value is -2.77. The fourth-order valence-electron chi connectivity index (χ4n) is 5.37. The summed E-state index contributed by atoms with van der Waals surface area (Å²) < 4.78 is 15.2. The maximum Gasteiger partial charge on any atom is 0.185 e. The maximum atomic E-state index is 7.62. The van der Waals surface area contributed by atoms with Crippen molar-refractivity contribution in [1.29, 1.82) is 0 Å². The van der Waals surface area contributed by atoms with Gasteiger partial charge in [-0.2, -0.15) is 0 Å². The van der Waals surface area contributed by atoms with E-state index in [1.54, 1.807) is 0 Å². The zero-order valence-electron chi connectivity index (χ0n) is 24.2. The van der Waals surface area contributed by atoms with Gasteiger partial charge in [0.05, 0.1) is 0 Å². The quantitative estimate of drug-likeness (QED) is 0.198. The van der Waals surface area contributed by atoms with Crippen LogP contribution in [0.25, 0.3) is 0 Å². The lowest BCUT2D eigenvalue weighted by molar-refractivity contribution is -0.0880. The second-order valence-corrected chi connectivity index (χ2v) is 21.1. The molecular weight excluding hydrogens is 497 g/mol. The van der Waals surface area contributed by atoms with E-state index in [0.717, 1.165) is 22.3 Å². The van der Waals surface area contributed by atoms with E-state index in [4.69, 9.17) is 8.85 Å². The van der Waals surface area contributed by atoms with Crippen LogP contribution in [0.3, 0.4) is 0 Å². The normalized spacial score (nSPS) is 15.5. The Morgan fingerprint density at radius 2 is 0.658 bits per heavy atom. The summed E-state index contributed by atoms with van der Waals surface area (Å²) in [6.45, 7) is 17.9. The summed E-state index contributed by atoms with van der Waals surface area (Å²) in [6, 6.07) is 39.2. The monoisotopic (exact) mass is 538 g/mol. The molecule has 0 saturated heterocycles. The van der Waals surface area contributed by atoms with E-state index in [1.165, 1.54) is 11.1 Å². The van der Waals surface area contributed by atoms with Crippen LogP contribution in [0, 0.1) is 13.8 Å². The van der Waals surface area contributed by atoms with E-state index in [1.807, 2.05) is 0 Å². The molecule has 0 aliphatic carbocycles. The molecule has 2 nitrogen and oxygen atoms in total. The van der Waals surface area contributed by atoms with Gasteiger partial charge in [0.1, 0.15) is 11.2 Å². The third-order valence-electron chi connectivity index (χ3n) is 6.69. The molecule has 0 aromatic heterocycles. The standard InChI is InChI=1S/C34H42O2Si2/c1-27-19-23-31(24-20-27)33(35-37(3,4)5,29-15-11-9-12-16-29)34(36-38(6,7)8,30-17-13-10-14-18-30)32-25-21-28(2)22-26-32/h9-26H,1-8H3. The van der Waals surface area contributed by atoms with Crippen LogP contribution in [0.5, 0.6) is 0 Å². The Balaban J connectivity index is 2.29. The van der Waals surface area contributed by atoms with E-state index in [-0.39, 0.29) is 0 Å². The molecule has 0 amide bonds. The molecule has 0 heterocycles. The third kappa shape index (κ3) is 5.64. The molecular formula is C34H42O2Si2. The van der Waals surface area contributed by atoms with Crippen molar-refractivity contribution in [2.75, 3.05) is 0 Å². The minimum atomic E-state index is -2.20. The maximum absolute atomic E-state index is 7.62. The van der Waals surface area contributed by atoms with Gasteiger partial charge in [0.2, 0.25) is 0 Å². The van der Waals surface area contributed by atoms with Crippen LogP contribution in [0.15, 0.2) is 109 Å². The second kappa shape index (κ2) is 10.8. The Kier molecular flexibility index (Phi) is 8.01. The van der Waals surface area contributed by atoms with Gasteiger partial charge in [-0.25, -0.2) is 0 Å². The van der Waals surface area contributed by atoms with Crippen molar-refractivity contribution in [2.24, 2.45) is 0 Å². The molecule has 4 heteroatoms. The number of hydrogen-bond acceptors (Lipinski definition) is 2. The Morgan fingerprint density at radius 3 is 0.921 bits per heavy atom. The van der Waals surface area contributed by atoms with Crippen molar-refractivity contribution in [3.05, 3.63) is 143 Å². The summed E-state index contributed by atoms with van der Waals surface area (Å²) in [5.74, 6) is 0. The van der Waals surface area contributed by atoms with Crippen LogP contribution in [-0.2, 0) is 20.1 Å². The molecule has 0 saturated carbocycles. The van der Waals surface area contributed by atoms with Gasteiger partial charge in [-0.1, -0.05) is 120 Å². The van der Waals surface area contributed by atoms with E-state index in [2.05, 4.69) is 162 Å². The number of rotatable bonds is 9. The predicted molar refractivity (Wildman–Crippen MR) is 166 cm³/mol. The highest BCUT2D eigenvalue weighted by molar-refractivity contribution is 6.70. The van der Waals surface area contributed by atoms with Crippen molar-refractivity contribution >= 4 is 16.6 Å². The van der Waals surface area contributed by atoms with E-state index in [0.29, 0.717) is 0 Å². The molecule has 0 spiro atoms. The van der Waals surface area contributed by atoms with Gasteiger partial charge in [0, 0.05) is 0 Å². The molecule has 4 aromatic rings. The zero-order chi connectivity index (χ0) is 27.6. The highest BCUT2D eigenvalue weighted by atomic mass is 28.4. The van der Waals surface area contributed by atoms with Crippen molar-refractivity contribution in [3.8, 4) is 0 Å². The molecule has 0 radical (unpaired) electrons. The van der Waals surface area contributed by atoms with Gasteiger partial charge >= 0.3 is 0 Å². The fourth-order valence-corrected chi connectivity index (χ4v) is 7.96. The highest BCUT2D eigenvalue weighted by Crippen LogP contribution is 2.56. The Bertz CT molecular complexity index is 1220. The Morgan fingerprint density at radius 1 is 0.395 bits per heavy atom. The van der Waals surface area contributed by atoms with Gasteiger partial charge in [0.15, 0.2) is 16.6 Å². The van der Waals surface area contributed by atoms with Gasteiger partial charge in [-0.3, -0.25) is 0 Å². The summed E-state index contributed by atoms with van der Waals surface area (Å²) in [5.41, 5.74) is 4.93. The minimum absolute atomic E-state index is 0.941. The van der Waals surface area contributed by atoms with Crippen molar-refractivity contribution < 1.29 is 8.85 Å². The van der Waals surface area contributed by atoms with Crippen molar-refractivity contribution in [2.45, 2.75) is 64.3 Å². The first-order chi connectivity index (χ1) is 17.9. The number of aryl methyl sites for hydroxylation is 2. The SMILES string of the molecule is Cc1ccc(C(O[Si](C)(C)C)(c2ccccc2)C(O[Si](C)(C)C)(c2ccccc2)c2ccc(C)cc2)cc1. The second-order valence-electron chi connectivity index (χ2n) is 12.3. The summed E-state index contributed by atoms with van der Waals surface area (Å²) in [4.78, 5) is 0. The first-order valence-electron chi connectivity index (χ1n) is 13.5. The van der Waals surface area contributed by atoms with E-state index < -0.39 is 27.8 Å².